The summed E-state index contributed by atoms with van der Waals surface area (Å²) in [6, 6.07) is 15.4. The molecule has 0 amide bonds. The molecule has 2 rings (SSSR count). The summed E-state index contributed by atoms with van der Waals surface area (Å²) in [6.45, 7) is 8.18. The highest BCUT2D eigenvalue weighted by atomic mass is 16.5. The molecule has 0 aromatic heterocycles. The number of ether oxygens (including phenoxy) is 1. The lowest BCUT2D eigenvalue weighted by molar-refractivity contribution is 0.0443. The number of nitrogens with one attached hydrogen (secondary N) is 1. The molecule has 2 heteroatoms. The fraction of sp³-hybridized carbons (Fsp3) is 0.474. The number of hydrogen-bond acceptors (Lipinski definition) is 2. The number of rotatable bonds is 8. The Kier molecular flexibility index (Phi) is 6.21. The molecule has 114 valence electrons. The zero-order valence-corrected chi connectivity index (χ0v) is 13.4. The normalized spacial score (nSPS) is 14.2. The minimum atomic E-state index is 0.263. The third-order valence-corrected chi connectivity index (χ3v) is 3.87. The van der Waals surface area contributed by atoms with E-state index in [0.717, 1.165) is 19.6 Å². The minimum Gasteiger partial charge on any atom is -0.377 e. The largest absolute Gasteiger partial charge is 0.377 e. The van der Waals surface area contributed by atoms with Gasteiger partial charge in [-0.3, -0.25) is 0 Å². The Bertz CT molecular complexity index is 552. The summed E-state index contributed by atoms with van der Waals surface area (Å²) in [6.07, 6.45) is 2.62. The van der Waals surface area contributed by atoms with Crippen molar-refractivity contribution in [3.05, 3.63) is 48.0 Å². The predicted octanol–water partition coefficient (Wildman–Crippen LogP) is 4.70. The van der Waals surface area contributed by atoms with Gasteiger partial charge in [-0.2, -0.15) is 0 Å². The van der Waals surface area contributed by atoms with E-state index < -0.39 is 0 Å². The van der Waals surface area contributed by atoms with Gasteiger partial charge in [0.25, 0.3) is 0 Å². The van der Waals surface area contributed by atoms with Gasteiger partial charge in [-0.05, 0) is 42.3 Å². The molecule has 0 fully saturated rings. The van der Waals surface area contributed by atoms with Crippen molar-refractivity contribution in [1.29, 1.82) is 0 Å². The molecular formula is C19H27NO. The van der Waals surface area contributed by atoms with Crippen LogP contribution in [0.3, 0.4) is 0 Å². The van der Waals surface area contributed by atoms with Gasteiger partial charge in [-0.15, -0.1) is 0 Å². The lowest BCUT2D eigenvalue weighted by Crippen LogP contribution is -2.27. The smallest absolute Gasteiger partial charge is 0.0665 e. The van der Waals surface area contributed by atoms with Gasteiger partial charge in [-0.1, -0.05) is 56.7 Å². The first-order valence-corrected chi connectivity index (χ1v) is 8.08. The van der Waals surface area contributed by atoms with Gasteiger partial charge in [0.1, 0.15) is 0 Å². The van der Waals surface area contributed by atoms with Crippen molar-refractivity contribution in [2.75, 3.05) is 13.2 Å². The second-order valence-corrected chi connectivity index (χ2v) is 5.65. The number of benzene rings is 2. The average molecular weight is 285 g/mol. The molecule has 21 heavy (non-hydrogen) atoms. The lowest BCUT2D eigenvalue weighted by atomic mass is 10.0. The Morgan fingerprint density at radius 1 is 1.05 bits per heavy atom. The van der Waals surface area contributed by atoms with Crippen molar-refractivity contribution in [1.82, 2.24) is 5.32 Å². The highest BCUT2D eigenvalue weighted by Crippen LogP contribution is 2.21. The van der Waals surface area contributed by atoms with E-state index >= 15 is 0 Å². The van der Waals surface area contributed by atoms with E-state index in [-0.39, 0.29) is 6.04 Å². The molecule has 0 saturated heterocycles. The molecule has 2 aromatic carbocycles. The summed E-state index contributed by atoms with van der Waals surface area (Å²) in [7, 11) is 0. The molecule has 0 radical (unpaired) electrons. The number of hydrogen-bond donors (Lipinski definition) is 1. The second-order valence-electron chi connectivity index (χ2n) is 5.65. The van der Waals surface area contributed by atoms with Crippen LogP contribution in [-0.2, 0) is 4.74 Å². The molecular weight excluding hydrogens is 258 g/mol. The molecule has 1 N–H and O–H groups in total. The van der Waals surface area contributed by atoms with Crippen LogP contribution in [-0.4, -0.2) is 19.3 Å². The third kappa shape index (κ3) is 4.55. The standard InChI is InChI=1S/C19H27NO/c1-4-8-15(3)21-14-19(20-5-2)18-12-11-16-9-6-7-10-17(16)13-18/h6-7,9-13,15,19-20H,4-5,8,14H2,1-3H3. The summed E-state index contributed by atoms with van der Waals surface area (Å²) in [5, 5.41) is 6.12. The van der Waals surface area contributed by atoms with E-state index in [1.54, 1.807) is 0 Å². The van der Waals surface area contributed by atoms with Gasteiger partial charge < -0.3 is 10.1 Å². The summed E-state index contributed by atoms with van der Waals surface area (Å²) in [5.41, 5.74) is 1.30. The van der Waals surface area contributed by atoms with Crippen LogP contribution in [0.25, 0.3) is 10.8 Å². The fourth-order valence-corrected chi connectivity index (χ4v) is 2.69. The molecule has 0 aliphatic carbocycles. The van der Waals surface area contributed by atoms with E-state index in [1.807, 2.05) is 0 Å². The quantitative estimate of drug-likeness (QED) is 0.759. The predicted molar refractivity (Wildman–Crippen MR) is 90.7 cm³/mol. The van der Waals surface area contributed by atoms with E-state index in [2.05, 4.69) is 68.6 Å². The Balaban J connectivity index is 2.11. The molecule has 2 atom stereocenters. The third-order valence-electron chi connectivity index (χ3n) is 3.87. The monoisotopic (exact) mass is 285 g/mol. The highest BCUT2D eigenvalue weighted by Gasteiger charge is 2.12. The molecule has 2 aromatic rings. The molecule has 2 nitrogen and oxygen atoms in total. The van der Waals surface area contributed by atoms with Crippen molar-refractivity contribution in [2.45, 2.75) is 45.8 Å². The maximum Gasteiger partial charge on any atom is 0.0665 e. The van der Waals surface area contributed by atoms with Crippen LogP contribution >= 0.6 is 0 Å². The molecule has 0 saturated carbocycles. The number of fused-ring (bicyclic) bond motifs is 1. The summed E-state index contributed by atoms with van der Waals surface area (Å²) in [5.74, 6) is 0. The van der Waals surface area contributed by atoms with Crippen LogP contribution in [0.5, 0.6) is 0 Å². The van der Waals surface area contributed by atoms with Gasteiger partial charge in [0.2, 0.25) is 0 Å². The van der Waals surface area contributed by atoms with E-state index in [0.29, 0.717) is 6.10 Å². The van der Waals surface area contributed by atoms with E-state index in [9.17, 15) is 0 Å². The zero-order chi connectivity index (χ0) is 15.1. The van der Waals surface area contributed by atoms with Gasteiger partial charge in [0.05, 0.1) is 18.8 Å². The summed E-state index contributed by atoms with van der Waals surface area (Å²) in [4.78, 5) is 0. The van der Waals surface area contributed by atoms with Crippen LogP contribution in [0.1, 0.15) is 45.2 Å². The van der Waals surface area contributed by atoms with Crippen molar-refractivity contribution in [2.24, 2.45) is 0 Å². The molecule has 0 spiro atoms. The lowest BCUT2D eigenvalue weighted by Gasteiger charge is -2.21. The Labute approximate surface area is 128 Å². The Morgan fingerprint density at radius 2 is 1.81 bits per heavy atom. The van der Waals surface area contributed by atoms with Crippen LogP contribution in [0.15, 0.2) is 42.5 Å². The SMILES string of the molecule is CCCC(C)OCC(NCC)c1ccc2ccccc2c1. The Morgan fingerprint density at radius 3 is 2.52 bits per heavy atom. The van der Waals surface area contributed by atoms with Gasteiger partial charge in [0, 0.05) is 0 Å². The molecule has 0 aliphatic rings. The topological polar surface area (TPSA) is 21.3 Å². The van der Waals surface area contributed by atoms with Crippen molar-refractivity contribution in [3.63, 3.8) is 0 Å². The summed E-state index contributed by atoms with van der Waals surface area (Å²) < 4.78 is 6.00. The molecule has 0 bridgehead atoms. The molecule has 0 heterocycles. The fourth-order valence-electron chi connectivity index (χ4n) is 2.69. The second kappa shape index (κ2) is 8.16. The van der Waals surface area contributed by atoms with Gasteiger partial charge in [0.15, 0.2) is 0 Å². The number of likely N-dealkylation sites (N-methyl/N-ethyl adjacent to an activating group) is 1. The van der Waals surface area contributed by atoms with Gasteiger partial charge in [-0.25, -0.2) is 0 Å². The van der Waals surface area contributed by atoms with E-state index in [1.165, 1.54) is 22.8 Å². The first-order valence-electron chi connectivity index (χ1n) is 8.08. The van der Waals surface area contributed by atoms with Gasteiger partial charge >= 0.3 is 0 Å². The molecule has 2 unspecified atom stereocenters. The van der Waals surface area contributed by atoms with Crippen molar-refractivity contribution < 1.29 is 4.74 Å². The minimum absolute atomic E-state index is 0.263. The van der Waals surface area contributed by atoms with Crippen LogP contribution in [0.2, 0.25) is 0 Å². The van der Waals surface area contributed by atoms with Crippen molar-refractivity contribution in [3.8, 4) is 0 Å². The first kappa shape index (κ1) is 16.0. The van der Waals surface area contributed by atoms with E-state index in [4.69, 9.17) is 4.74 Å². The van der Waals surface area contributed by atoms with Crippen molar-refractivity contribution >= 4 is 10.8 Å². The highest BCUT2D eigenvalue weighted by molar-refractivity contribution is 5.83. The van der Waals surface area contributed by atoms with Crippen LogP contribution in [0, 0.1) is 0 Å². The Hall–Kier alpha value is -1.38. The first-order chi connectivity index (χ1) is 10.2. The summed E-state index contributed by atoms with van der Waals surface area (Å²) >= 11 is 0. The van der Waals surface area contributed by atoms with Crippen LogP contribution < -0.4 is 5.32 Å². The zero-order valence-electron chi connectivity index (χ0n) is 13.4. The average Bonchev–Trinajstić information content (AvgIpc) is 2.51. The molecule has 0 aliphatic heterocycles. The maximum atomic E-state index is 6.00. The van der Waals surface area contributed by atoms with Crippen LogP contribution in [0.4, 0.5) is 0 Å². The maximum absolute atomic E-state index is 6.00.